The van der Waals surface area contributed by atoms with E-state index in [0.29, 0.717) is 23.7 Å². The molecular weight excluding hydrogens is 397 g/mol. The maximum absolute atomic E-state index is 13.7. The van der Waals surface area contributed by atoms with E-state index >= 15 is 0 Å². The van der Waals surface area contributed by atoms with E-state index in [1.54, 1.807) is 31.5 Å². The van der Waals surface area contributed by atoms with Gasteiger partial charge in [-0.25, -0.2) is 9.37 Å². The Hall–Kier alpha value is -3.44. The first-order chi connectivity index (χ1) is 14.9. The number of methoxy groups -OCH3 is 1. The van der Waals surface area contributed by atoms with E-state index in [-0.39, 0.29) is 18.3 Å². The average molecular weight is 423 g/mol. The predicted octanol–water partition coefficient (Wildman–Crippen LogP) is 3.18. The molecule has 0 unspecified atom stereocenters. The van der Waals surface area contributed by atoms with Gasteiger partial charge in [0.05, 0.1) is 19.2 Å². The topological polar surface area (TPSA) is 90.3 Å². The first kappa shape index (κ1) is 22.2. The summed E-state index contributed by atoms with van der Waals surface area (Å²) in [5.41, 5.74) is 1.59. The van der Waals surface area contributed by atoms with Gasteiger partial charge in [-0.3, -0.25) is 10.1 Å². The summed E-state index contributed by atoms with van der Waals surface area (Å²) in [5.74, 6) is 0.765. The number of amides is 1. The molecule has 0 saturated heterocycles. The zero-order valence-electron chi connectivity index (χ0n) is 17.9. The lowest BCUT2D eigenvalue weighted by Crippen LogP contribution is -2.38. The summed E-state index contributed by atoms with van der Waals surface area (Å²) in [4.78, 5) is 18.6. The Labute approximate surface area is 181 Å². The summed E-state index contributed by atoms with van der Waals surface area (Å²) in [5, 5.41) is 15.0. The lowest BCUT2D eigenvalue weighted by molar-refractivity contribution is -0.119. The van der Waals surface area contributed by atoms with Crippen LogP contribution in [0.2, 0.25) is 0 Å². The van der Waals surface area contributed by atoms with Crippen LogP contribution in [0, 0.1) is 17.1 Å². The number of hydrogen-bond donors (Lipinski definition) is 2. The molecule has 1 heterocycles. The van der Waals surface area contributed by atoms with Crippen molar-refractivity contribution in [2.45, 2.75) is 32.2 Å². The highest BCUT2D eigenvalue weighted by atomic mass is 19.1. The normalized spacial score (nSPS) is 14.5. The van der Waals surface area contributed by atoms with E-state index in [1.807, 2.05) is 24.8 Å². The van der Waals surface area contributed by atoms with Crippen molar-refractivity contribution in [3.63, 3.8) is 0 Å². The minimum absolute atomic E-state index is 0.0880. The van der Waals surface area contributed by atoms with E-state index < -0.39 is 5.54 Å². The molecule has 1 aliphatic rings. The number of aromatic nitrogens is 1. The highest BCUT2D eigenvalue weighted by Crippen LogP contribution is 2.48. The number of pyridine rings is 1. The summed E-state index contributed by atoms with van der Waals surface area (Å²) in [7, 11) is 1.55. The number of halogens is 1. The summed E-state index contributed by atoms with van der Waals surface area (Å²) >= 11 is 0. The lowest BCUT2D eigenvalue weighted by Gasteiger charge is -2.23. The number of nitrogens with one attached hydrogen (secondary N) is 2. The summed E-state index contributed by atoms with van der Waals surface area (Å²) in [6, 6.07) is 9.95. The smallest absolute Gasteiger partial charge is 0.237 e. The summed E-state index contributed by atoms with van der Waals surface area (Å²) in [6.45, 7) is 4.59. The van der Waals surface area contributed by atoms with Crippen LogP contribution < -0.4 is 20.3 Å². The zero-order valence-corrected chi connectivity index (χ0v) is 17.9. The fourth-order valence-electron chi connectivity index (χ4n) is 3.49. The molecule has 1 aliphatic carbocycles. The van der Waals surface area contributed by atoms with Gasteiger partial charge in [0.15, 0.2) is 0 Å². The molecule has 8 heteroatoms. The number of hydrogen-bond acceptors (Lipinski definition) is 6. The molecule has 1 fully saturated rings. The molecule has 0 atom stereocenters. The van der Waals surface area contributed by atoms with Gasteiger partial charge in [-0.1, -0.05) is 0 Å². The number of nitriles is 1. The molecule has 2 N–H and O–H groups in total. The number of anilines is 1. The van der Waals surface area contributed by atoms with E-state index in [2.05, 4.69) is 15.6 Å². The Morgan fingerprint density at radius 1 is 1.39 bits per heavy atom. The van der Waals surface area contributed by atoms with Crippen LogP contribution in [0.4, 0.5) is 10.2 Å². The monoisotopic (exact) mass is 423 g/mol. The van der Waals surface area contributed by atoms with Crippen molar-refractivity contribution in [1.82, 2.24) is 15.6 Å². The van der Waals surface area contributed by atoms with Crippen molar-refractivity contribution in [3.8, 4) is 11.8 Å². The number of rotatable bonds is 9. The third-order valence-electron chi connectivity index (χ3n) is 5.35. The van der Waals surface area contributed by atoms with Gasteiger partial charge >= 0.3 is 0 Å². The van der Waals surface area contributed by atoms with Gasteiger partial charge in [-0.15, -0.1) is 0 Å². The third kappa shape index (κ3) is 5.19. The molecule has 3 rings (SSSR count). The molecule has 0 radical (unpaired) electrons. The van der Waals surface area contributed by atoms with Crippen molar-refractivity contribution < 1.29 is 13.9 Å². The minimum atomic E-state index is -0.439. The first-order valence-corrected chi connectivity index (χ1v) is 10.1. The van der Waals surface area contributed by atoms with Gasteiger partial charge in [0.1, 0.15) is 23.5 Å². The summed E-state index contributed by atoms with van der Waals surface area (Å²) in [6.07, 6.45) is 4.77. The second-order valence-electron chi connectivity index (χ2n) is 7.39. The van der Waals surface area contributed by atoms with E-state index in [9.17, 15) is 9.18 Å². The predicted molar refractivity (Wildman–Crippen MR) is 116 cm³/mol. The van der Waals surface area contributed by atoms with Crippen LogP contribution in [0.15, 0.2) is 48.4 Å². The average Bonchev–Trinajstić information content (AvgIpc) is 3.58. The third-order valence-corrected chi connectivity index (χ3v) is 5.35. The van der Waals surface area contributed by atoms with E-state index in [1.165, 1.54) is 18.3 Å². The van der Waals surface area contributed by atoms with Crippen molar-refractivity contribution in [2.24, 2.45) is 0 Å². The van der Waals surface area contributed by atoms with Crippen molar-refractivity contribution >= 4 is 11.7 Å². The maximum Gasteiger partial charge on any atom is 0.237 e. The van der Waals surface area contributed by atoms with Crippen LogP contribution in [0.25, 0.3) is 0 Å². The van der Waals surface area contributed by atoms with Gasteiger partial charge in [0.2, 0.25) is 5.91 Å². The fraction of sp³-hybridized carbons (Fsp3) is 0.348. The van der Waals surface area contributed by atoms with Crippen LogP contribution in [0.1, 0.15) is 37.8 Å². The number of carbonyl (C=O) groups is 1. The van der Waals surface area contributed by atoms with Crippen LogP contribution in [-0.4, -0.2) is 31.1 Å². The van der Waals surface area contributed by atoms with Gasteiger partial charge < -0.3 is 15.0 Å². The Morgan fingerprint density at radius 2 is 2.16 bits per heavy atom. The fourth-order valence-corrected chi connectivity index (χ4v) is 3.49. The largest absolute Gasteiger partial charge is 0.496 e. The number of nitrogens with zero attached hydrogens (tertiary/aromatic N) is 3. The van der Waals surface area contributed by atoms with Gasteiger partial charge in [0, 0.05) is 35.7 Å². The van der Waals surface area contributed by atoms with Gasteiger partial charge in [0.25, 0.3) is 0 Å². The number of benzene rings is 1. The number of carbonyl (C=O) groups excluding carboxylic acids is 1. The zero-order chi connectivity index (χ0) is 22.4. The molecule has 0 spiro atoms. The van der Waals surface area contributed by atoms with E-state index in [0.717, 1.165) is 24.1 Å². The number of ether oxygens (including phenoxy) is 1. The quantitative estimate of drug-likeness (QED) is 0.644. The van der Waals surface area contributed by atoms with Crippen molar-refractivity contribution in [3.05, 3.63) is 65.4 Å². The highest BCUT2D eigenvalue weighted by Gasteiger charge is 2.46. The van der Waals surface area contributed by atoms with Crippen molar-refractivity contribution in [1.29, 1.82) is 5.26 Å². The Kier molecular flexibility index (Phi) is 6.88. The molecule has 31 heavy (non-hydrogen) atoms. The Balaban J connectivity index is 1.61. The van der Waals surface area contributed by atoms with Crippen LogP contribution in [0.5, 0.6) is 5.75 Å². The SMILES string of the molecule is CCN(/C(C)=C/NC(=O)CNC1(c2cc(F)ccc2OC)CC1)c1ccc(C#N)cn1. The van der Waals surface area contributed by atoms with Crippen LogP contribution in [-0.2, 0) is 10.3 Å². The molecular formula is C23H26FN5O2. The van der Waals surface area contributed by atoms with E-state index in [4.69, 9.17) is 10.00 Å². The lowest BCUT2D eigenvalue weighted by atomic mass is 10.0. The van der Waals surface area contributed by atoms with Gasteiger partial charge in [-0.2, -0.15) is 5.26 Å². The minimum Gasteiger partial charge on any atom is -0.496 e. The first-order valence-electron chi connectivity index (χ1n) is 10.1. The molecule has 1 saturated carbocycles. The summed E-state index contributed by atoms with van der Waals surface area (Å²) < 4.78 is 19.1. The van der Waals surface area contributed by atoms with Crippen LogP contribution in [0.3, 0.4) is 0 Å². The molecule has 1 aromatic heterocycles. The maximum atomic E-state index is 13.7. The Bertz CT molecular complexity index is 1010. The molecule has 0 bridgehead atoms. The molecule has 2 aromatic rings. The van der Waals surface area contributed by atoms with Crippen LogP contribution >= 0.6 is 0 Å². The molecule has 1 amide bonds. The van der Waals surface area contributed by atoms with Gasteiger partial charge in [-0.05, 0) is 57.0 Å². The Morgan fingerprint density at radius 3 is 2.74 bits per heavy atom. The van der Waals surface area contributed by atoms with Crippen molar-refractivity contribution in [2.75, 3.05) is 25.1 Å². The second kappa shape index (κ2) is 9.58. The number of allylic oxidation sites excluding steroid dienone is 1. The molecule has 1 aromatic carbocycles. The standard InChI is InChI=1S/C23H26FN5O2/c1-4-29(21-8-5-17(12-25)14-26-21)16(2)13-27-22(30)15-28-23(9-10-23)19-11-18(24)6-7-20(19)31-3/h5-8,11,13-14,28H,4,9-10,15H2,1-3H3,(H,27,30)/b16-13+. The second-order valence-corrected chi connectivity index (χ2v) is 7.39. The molecule has 7 nitrogen and oxygen atoms in total. The molecule has 0 aliphatic heterocycles. The highest BCUT2D eigenvalue weighted by molar-refractivity contribution is 5.79. The molecule has 162 valence electrons.